The number of pyridine rings is 1. The van der Waals surface area contributed by atoms with Crippen LogP contribution >= 0.6 is 0 Å². The molecule has 3 heterocycles. The fourth-order valence-corrected chi connectivity index (χ4v) is 6.04. The van der Waals surface area contributed by atoms with Crippen molar-refractivity contribution in [2.75, 3.05) is 12.3 Å². The third-order valence-electron chi connectivity index (χ3n) is 7.92. The minimum atomic E-state index is -4.31. The third kappa shape index (κ3) is 7.22. The topological polar surface area (TPSA) is 126 Å². The van der Waals surface area contributed by atoms with Crippen LogP contribution in [0.3, 0.4) is 0 Å². The second kappa shape index (κ2) is 12.7. The molecule has 9 nitrogen and oxygen atoms in total. The van der Waals surface area contributed by atoms with Crippen LogP contribution in [0.25, 0.3) is 0 Å². The molecule has 0 fully saturated rings. The smallest absolute Gasteiger partial charge is 0.327 e. The minimum Gasteiger partial charge on any atom is -0.748 e. The number of rotatable bonds is 13. The number of unbranched alkanes of at least 4 members (excludes halogenated alkanes) is 2. The van der Waals surface area contributed by atoms with E-state index in [0.717, 1.165) is 53.5 Å². The number of aliphatic imine (C=N–C) groups is 1. The summed E-state index contributed by atoms with van der Waals surface area (Å²) in [5.41, 5.74) is 4.07. The van der Waals surface area contributed by atoms with Gasteiger partial charge in [0.05, 0.1) is 45.0 Å². The largest absolute Gasteiger partial charge is 0.748 e. The van der Waals surface area contributed by atoms with E-state index in [-0.39, 0.29) is 18.3 Å². The first-order valence-electron chi connectivity index (χ1n) is 14.4. The van der Waals surface area contributed by atoms with Gasteiger partial charge in [-0.2, -0.15) is 5.10 Å². The SMILES string of the molecule is CC1(C)C(c2ccccc2)=NN(CCCS(=O)(=O)[O-])/C1=C/C=C/C1=Nc2c(ccc[n+]2CCCCCC(=O)O)C1(C)C. The monoisotopic (exact) mass is 592 g/mol. The average Bonchev–Trinajstić information content (AvgIpc) is 3.32. The molecule has 2 aliphatic heterocycles. The van der Waals surface area contributed by atoms with Crippen molar-refractivity contribution in [1.82, 2.24) is 5.01 Å². The first-order chi connectivity index (χ1) is 19.8. The number of carboxylic acids is 1. The molecule has 0 bridgehead atoms. The maximum Gasteiger partial charge on any atom is 0.327 e. The highest BCUT2D eigenvalue weighted by Crippen LogP contribution is 2.41. The van der Waals surface area contributed by atoms with Crippen LogP contribution in [-0.2, 0) is 26.9 Å². The van der Waals surface area contributed by atoms with E-state index in [0.29, 0.717) is 13.0 Å². The molecular formula is C32H40N4O5S. The van der Waals surface area contributed by atoms with Gasteiger partial charge in [-0.15, -0.1) is 0 Å². The molecule has 0 unspecified atom stereocenters. The van der Waals surface area contributed by atoms with Gasteiger partial charge in [0.1, 0.15) is 0 Å². The Balaban J connectivity index is 1.57. The van der Waals surface area contributed by atoms with E-state index in [2.05, 4.69) is 38.3 Å². The molecule has 2 aliphatic rings. The number of aliphatic carboxylic acids is 1. The van der Waals surface area contributed by atoms with E-state index in [1.54, 1.807) is 0 Å². The summed E-state index contributed by atoms with van der Waals surface area (Å²) < 4.78 is 35.9. The number of allylic oxidation sites excluding steroid dienone is 4. The van der Waals surface area contributed by atoms with Crippen molar-refractivity contribution in [3.8, 4) is 0 Å². The summed E-state index contributed by atoms with van der Waals surface area (Å²) >= 11 is 0. The quantitative estimate of drug-likeness (QED) is 0.196. The Bertz CT molecular complexity index is 1540. The summed E-state index contributed by atoms with van der Waals surface area (Å²) in [6.45, 7) is 9.57. The Morgan fingerprint density at radius 3 is 2.45 bits per heavy atom. The molecule has 0 radical (unpaired) electrons. The highest BCUT2D eigenvalue weighted by atomic mass is 32.2. The number of fused-ring (bicyclic) bond motifs is 1. The van der Waals surface area contributed by atoms with Crippen LogP contribution in [0, 0.1) is 5.41 Å². The normalized spacial score (nSPS) is 18.4. The van der Waals surface area contributed by atoms with Crippen LogP contribution < -0.4 is 4.57 Å². The Kier molecular flexibility index (Phi) is 9.47. The number of aromatic nitrogens is 1. The van der Waals surface area contributed by atoms with Crippen molar-refractivity contribution >= 4 is 33.3 Å². The lowest BCUT2D eigenvalue weighted by Gasteiger charge is -2.26. The minimum absolute atomic E-state index is 0.180. The van der Waals surface area contributed by atoms with Gasteiger partial charge in [0.15, 0.2) is 5.71 Å². The number of hydrogen-bond acceptors (Lipinski definition) is 7. The van der Waals surface area contributed by atoms with Gasteiger partial charge >= 0.3 is 11.8 Å². The molecule has 1 aromatic carbocycles. The number of carboxylic acid groups (broad SMARTS) is 1. The van der Waals surface area contributed by atoms with Gasteiger partial charge in [-0.3, -0.25) is 9.80 Å². The first-order valence-corrected chi connectivity index (χ1v) is 16.0. The fourth-order valence-electron chi connectivity index (χ4n) is 5.55. The lowest BCUT2D eigenvalue weighted by atomic mass is 9.80. The fraction of sp³-hybridized carbons (Fsp3) is 0.438. The van der Waals surface area contributed by atoms with Gasteiger partial charge in [-0.25, -0.2) is 13.0 Å². The molecule has 0 atom stereocenters. The Labute approximate surface area is 248 Å². The van der Waals surface area contributed by atoms with Gasteiger partial charge in [-0.05, 0) is 88.2 Å². The summed E-state index contributed by atoms with van der Waals surface area (Å²) in [7, 11) is -4.31. The van der Waals surface area contributed by atoms with Crippen LogP contribution in [0.2, 0.25) is 0 Å². The summed E-state index contributed by atoms with van der Waals surface area (Å²) in [6, 6.07) is 14.0. The third-order valence-corrected chi connectivity index (χ3v) is 8.71. The van der Waals surface area contributed by atoms with Crippen LogP contribution in [0.4, 0.5) is 5.82 Å². The molecule has 1 aromatic heterocycles. The lowest BCUT2D eigenvalue weighted by Crippen LogP contribution is -2.34. The van der Waals surface area contributed by atoms with E-state index in [4.69, 9.17) is 15.2 Å². The van der Waals surface area contributed by atoms with E-state index in [1.165, 1.54) is 0 Å². The Morgan fingerprint density at radius 1 is 1.02 bits per heavy atom. The lowest BCUT2D eigenvalue weighted by molar-refractivity contribution is -0.684. The molecule has 224 valence electrons. The summed E-state index contributed by atoms with van der Waals surface area (Å²) in [4.78, 5) is 15.8. The molecule has 0 spiro atoms. The first kappa shape index (κ1) is 31.3. The zero-order chi connectivity index (χ0) is 30.5. The predicted molar refractivity (Wildman–Crippen MR) is 163 cm³/mol. The van der Waals surface area contributed by atoms with Crippen molar-refractivity contribution in [3.05, 3.63) is 83.7 Å². The predicted octanol–water partition coefficient (Wildman–Crippen LogP) is 5.10. The number of nitrogens with zero attached hydrogens (tertiary/aromatic N) is 4. The Hall–Kier alpha value is -3.63. The summed E-state index contributed by atoms with van der Waals surface area (Å²) in [5.74, 6) is -0.278. The standard InChI is InChI=1S/C32H40N4O5S/c1-31(2)25-16-12-21-35(20-10-6-9-19-28(37)38)30(25)33-26(31)17-11-18-27-32(3,4)29(24-14-7-5-8-15-24)34-36(27)22-13-23-42(39,40)41/h5,7-8,11-12,14-18,21H,6,9-10,13,19-20,22-23H2,1-4H3,(H-,37,38,39,40,41). The van der Waals surface area contributed by atoms with Crippen LogP contribution in [0.15, 0.2) is 82.7 Å². The number of hydrogen-bond donors (Lipinski definition) is 1. The highest BCUT2D eigenvalue weighted by molar-refractivity contribution is 7.85. The second-order valence-corrected chi connectivity index (χ2v) is 13.4. The molecule has 42 heavy (non-hydrogen) atoms. The molecule has 2 aromatic rings. The summed E-state index contributed by atoms with van der Waals surface area (Å²) in [5, 5.41) is 15.6. The van der Waals surface area contributed by atoms with Crippen molar-refractivity contribution in [1.29, 1.82) is 0 Å². The van der Waals surface area contributed by atoms with Crippen molar-refractivity contribution in [2.45, 2.75) is 71.8 Å². The molecule has 0 amide bonds. The number of benzene rings is 1. The second-order valence-electron chi connectivity index (χ2n) is 11.9. The number of hydrazone groups is 1. The van der Waals surface area contributed by atoms with Gasteiger partial charge in [0, 0.05) is 24.4 Å². The number of carbonyl (C=O) groups is 1. The molecular weight excluding hydrogens is 552 g/mol. The van der Waals surface area contributed by atoms with E-state index in [9.17, 15) is 17.8 Å². The Morgan fingerprint density at radius 2 is 1.76 bits per heavy atom. The molecule has 0 aliphatic carbocycles. The van der Waals surface area contributed by atoms with Gasteiger partial charge in [0.2, 0.25) is 0 Å². The van der Waals surface area contributed by atoms with Gasteiger partial charge in [0.25, 0.3) is 0 Å². The molecule has 4 rings (SSSR count). The molecule has 10 heteroatoms. The van der Waals surface area contributed by atoms with E-state index in [1.807, 2.05) is 65.8 Å². The van der Waals surface area contributed by atoms with E-state index < -0.39 is 27.3 Å². The van der Waals surface area contributed by atoms with Gasteiger partial charge < -0.3 is 9.66 Å². The number of aryl methyl sites for hydroxylation is 1. The van der Waals surface area contributed by atoms with Gasteiger partial charge in [-0.1, -0.05) is 36.4 Å². The van der Waals surface area contributed by atoms with Crippen molar-refractivity contribution in [2.24, 2.45) is 15.5 Å². The maximum atomic E-state index is 11.2. The van der Waals surface area contributed by atoms with Crippen LogP contribution in [-0.4, -0.2) is 52.8 Å². The van der Waals surface area contributed by atoms with E-state index >= 15 is 0 Å². The highest BCUT2D eigenvalue weighted by Gasteiger charge is 2.42. The van der Waals surface area contributed by atoms with Crippen molar-refractivity contribution < 1.29 is 27.4 Å². The van der Waals surface area contributed by atoms with Crippen molar-refractivity contribution in [3.63, 3.8) is 0 Å². The summed E-state index contributed by atoms with van der Waals surface area (Å²) in [6.07, 6.45) is 10.8. The average molecular weight is 593 g/mol. The zero-order valence-corrected chi connectivity index (χ0v) is 25.6. The van der Waals surface area contributed by atoms with Crippen LogP contribution in [0.5, 0.6) is 0 Å². The maximum absolute atomic E-state index is 11.2. The molecule has 0 saturated heterocycles. The zero-order valence-electron chi connectivity index (χ0n) is 24.8. The molecule has 0 saturated carbocycles. The van der Waals surface area contributed by atoms with Crippen LogP contribution in [0.1, 0.15) is 70.9 Å². The molecule has 1 N–H and O–H groups in total.